The first-order valence-corrected chi connectivity index (χ1v) is 11.5. The number of pyridine rings is 1. The molecular weight excluding hydrogens is 461 g/mol. The summed E-state index contributed by atoms with van der Waals surface area (Å²) in [6.45, 7) is 5.98. The summed E-state index contributed by atoms with van der Waals surface area (Å²) in [5.41, 5.74) is 5.19. The Morgan fingerprint density at radius 3 is 2.19 bits per heavy atom. The molecule has 0 saturated carbocycles. The Morgan fingerprint density at radius 1 is 0.806 bits per heavy atom. The Kier molecular flexibility index (Phi) is 9.42. The van der Waals surface area contributed by atoms with Crippen molar-refractivity contribution in [1.29, 1.82) is 0 Å². The summed E-state index contributed by atoms with van der Waals surface area (Å²) in [4.78, 5) is 31.4. The molecule has 0 fully saturated rings. The molecule has 2 N–H and O–H groups in total. The van der Waals surface area contributed by atoms with Crippen molar-refractivity contribution in [2.24, 2.45) is 0 Å². The molecule has 0 aliphatic heterocycles. The van der Waals surface area contributed by atoms with Crippen LogP contribution in [0.3, 0.4) is 0 Å². The molecule has 36 heavy (non-hydrogen) atoms. The van der Waals surface area contributed by atoms with E-state index < -0.39 is 11.9 Å². The molecule has 4 rings (SSSR count). The van der Waals surface area contributed by atoms with Gasteiger partial charge in [-0.2, -0.15) is 0 Å². The van der Waals surface area contributed by atoms with Gasteiger partial charge in [0.1, 0.15) is 0 Å². The van der Waals surface area contributed by atoms with Crippen LogP contribution >= 0.6 is 0 Å². The van der Waals surface area contributed by atoms with Crippen LogP contribution in [0.2, 0.25) is 0 Å². The second kappa shape index (κ2) is 12.5. The summed E-state index contributed by atoms with van der Waals surface area (Å²) in [6, 6.07) is 24.5. The minimum atomic E-state index is -1.11. The topological polar surface area (TPSA) is 82.5 Å². The molecule has 0 unspecified atom stereocenters. The summed E-state index contributed by atoms with van der Waals surface area (Å²) in [5.74, 6) is -1.54. The molecule has 6 nitrogen and oxygen atoms in total. The van der Waals surface area contributed by atoms with Crippen LogP contribution in [-0.4, -0.2) is 64.6 Å². The van der Waals surface area contributed by atoms with Gasteiger partial charge in [0.2, 0.25) is 0 Å². The van der Waals surface area contributed by atoms with E-state index in [9.17, 15) is 14.7 Å². The molecule has 0 radical (unpaired) electrons. The Bertz CT molecular complexity index is 1350. The first-order chi connectivity index (χ1) is 17.0. The van der Waals surface area contributed by atoms with E-state index in [2.05, 4.69) is 41.2 Å². The van der Waals surface area contributed by atoms with Crippen LogP contribution in [0.1, 0.15) is 34.6 Å². The van der Waals surface area contributed by atoms with E-state index in [0.717, 1.165) is 41.0 Å². The standard InChI is InChI=1S/C29H27N3O3.Na.H/c1-3-32(4-2)25-12-8-11-21(16-25)22-13-14-26(29(34)35)27(17-22)31-28(33)24-15-23(18-30-19-24)20-9-6-5-7-10-20;;/h5-19H,3-4H2,1-2H3,(H,31,33)(H,34,35);;. The van der Waals surface area contributed by atoms with E-state index in [1.54, 1.807) is 24.4 Å². The first-order valence-electron chi connectivity index (χ1n) is 11.5. The van der Waals surface area contributed by atoms with Gasteiger partial charge in [0.15, 0.2) is 0 Å². The van der Waals surface area contributed by atoms with E-state index >= 15 is 0 Å². The number of hydrogen-bond acceptors (Lipinski definition) is 4. The first kappa shape index (κ1) is 27.1. The van der Waals surface area contributed by atoms with E-state index in [4.69, 9.17) is 0 Å². The maximum absolute atomic E-state index is 13.1. The second-order valence-corrected chi connectivity index (χ2v) is 8.07. The van der Waals surface area contributed by atoms with Gasteiger partial charge < -0.3 is 15.3 Å². The van der Waals surface area contributed by atoms with Crippen molar-refractivity contribution in [2.75, 3.05) is 23.3 Å². The Balaban J connectivity index is 0.00000361. The number of amides is 1. The second-order valence-electron chi connectivity index (χ2n) is 8.07. The van der Waals surface area contributed by atoms with E-state index in [-0.39, 0.29) is 40.8 Å². The number of hydrogen-bond donors (Lipinski definition) is 2. The number of aromatic nitrogens is 1. The van der Waals surface area contributed by atoms with Crippen LogP contribution in [0.25, 0.3) is 22.3 Å². The van der Waals surface area contributed by atoms with Gasteiger partial charge in [-0.1, -0.05) is 48.5 Å². The molecule has 0 spiro atoms. The van der Waals surface area contributed by atoms with Crippen molar-refractivity contribution in [3.05, 3.63) is 102 Å². The molecule has 0 bridgehead atoms. The zero-order valence-electron chi connectivity index (χ0n) is 19.7. The van der Waals surface area contributed by atoms with Gasteiger partial charge in [-0.05, 0) is 60.9 Å². The molecule has 0 aliphatic rings. The van der Waals surface area contributed by atoms with Crippen LogP contribution in [0.15, 0.2) is 91.3 Å². The average Bonchev–Trinajstić information content (AvgIpc) is 2.90. The molecule has 178 valence electrons. The molecule has 0 aliphatic carbocycles. The Morgan fingerprint density at radius 2 is 1.50 bits per heavy atom. The average molecular weight is 490 g/mol. The molecule has 1 aromatic heterocycles. The predicted molar refractivity (Wildman–Crippen MR) is 147 cm³/mol. The minimum absolute atomic E-state index is 0. The molecule has 0 atom stereocenters. The van der Waals surface area contributed by atoms with Gasteiger partial charge in [-0.3, -0.25) is 9.78 Å². The van der Waals surface area contributed by atoms with Crippen molar-refractivity contribution in [2.45, 2.75) is 13.8 Å². The van der Waals surface area contributed by atoms with Crippen molar-refractivity contribution in [3.8, 4) is 22.3 Å². The number of carbonyl (C=O) groups is 2. The van der Waals surface area contributed by atoms with E-state index in [1.807, 2.05) is 42.5 Å². The third-order valence-electron chi connectivity index (χ3n) is 5.91. The Labute approximate surface area is 233 Å². The number of carboxylic acids is 1. The zero-order chi connectivity index (χ0) is 24.8. The fourth-order valence-electron chi connectivity index (χ4n) is 4.03. The van der Waals surface area contributed by atoms with Crippen LogP contribution in [0.4, 0.5) is 11.4 Å². The van der Waals surface area contributed by atoms with Crippen LogP contribution in [0.5, 0.6) is 0 Å². The van der Waals surface area contributed by atoms with Crippen LogP contribution < -0.4 is 10.2 Å². The quantitative estimate of drug-likeness (QED) is 0.317. The summed E-state index contributed by atoms with van der Waals surface area (Å²) in [5, 5.41) is 12.5. The zero-order valence-corrected chi connectivity index (χ0v) is 19.7. The van der Waals surface area contributed by atoms with Crippen LogP contribution in [0, 0.1) is 0 Å². The number of carboxylic acid groups (broad SMARTS) is 1. The third kappa shape index (κ3) is 6.21. The van der Waals surface area contributed by atoms with E-state index in [0.29, 0.717) is 5.56 Å². The summed E-state index contributed by atoms with van der Waals surface area (Å²) in [7, 11) is 0. The normalized spacial score (nSPS) is 10.3. The van der Waals surface area contributed by atoms with Crippen molar-refractivity contribution >= 4 is 52.8 Å². The SMILES string of the molecule is CCN(CC)c1cccc(-c2ccc(C(=O)O)c(NC(=O)c3cncc(-c4ccccc4)c3)c2)c1.[NaH]. The Hall–Kier alpha value is -3.45. The fraction of sp³-hybridized carbons (Fsp3) is 0.138. The van der Waals surface area contributed by atoms with Gasteiger partial charge >= 0.3 is 35.5 Å². The number of aromatic carboxylic acids is 1. The maximum atomic E-state index is 13.1. The number of anilines is 2. The monoisotopic (exact) mass is 489 g/mol. The number of benzene rings is 3. The number of nitrogens with zero attached hydrogens (tertiary/aromatic N) is 2. The summed E-state index contributed by atoms with van der Waals surface area (Å²) in [6.07, 6.45) is 3.16. The molecule has 1 heterocycles. The number of rotatable bonds is 8. The molecule has 7 heteroatoms. The molecule has 1 amide bonds. The number of nitrogens with one attached hydrogen (secondary N) is 1. The van der Waals surface area contributed by atoms with Gasteiger partial charge in [-0.25, -0.2) is 4.79 Å². The van der Waals surface area contributed by atoms with Gasteiger partial charge in [0.25, 0.3) is 5.91 Å². The van der Waals surface area contributed by atoms with E-state index in [1.165, 1.54) is 12.3 Å². The summed E-state index contributed by atoms with van der Waals surface area (Å²) < 4.78 is 0. The molecule has 3 aromatic carbocycles. The molecular formula is C29H28N3NaO3. The third-order valence-corrected chi connectivity index (χ3v) is 5.91. The number of carbonyl (C=O) groups excluding carboxylic acids is 1. The molecule has 0 saturated heterocycles. The van der Waals surface area contributed by atoms with Gasteiger partial charge in [-0.15, -0.1) is 0 Å². The van der Waals surface area contributed by atoms with Crippen molar-refractivity contribution in [3.63, 3.8) is 0 Å². The predicted octanol–water partition coefficient (Wildman–Crippen LogP) is 5.56. The van der Waals surface area contributed by atoms with Gasteiger partial charge in [0, 0.05) is 36.7 Å². The fourth-order valence-corrected chi connectivity index (χ4v) is 4.03. The summed E-state index contributed by atoms with van der Waals surface area (Å²) >= 11 is 0. The molecule has 4 aromatic rings. The van der Waals surface area contributed by atoms with Crippen LogP contribution in [-0.2, 0) is 0 Å². The van der Waals surface area contributed by atoms with Crippen molar-refractivity contribution in [1.82, 2.24) is 4.98 Å². The van der Waals surface area contributed by atoms with Crippen molar-refractivity contribution < 1.29 is 14.7 Å². The van der Waals surface area contributed by atoms with Gasteiger partial charge in [0.05, 0.1) is 16.8 Å².